The van der Waals surface area contributed by atoms with E-state index >= 15 is 4.39 Å². The molecule has 2 aromatic rings. The number of benzene rings is 2. The number of carboxylic acids is 1. The third kappa shape index (κ3) is 8.31. The molecule has 1 heterocycles. The first kappa shape index (κ1) is 33.1. The smallest absolute Gasteiger partial charge is 0.335 e. The first-order chi connectivity index (χ1) is 19.7. The van der Waals surface area contributed by atoms with E-state index < -0.39 is 41.5 Å². The van der Waals surface area contributed by atoms with E-state index in [0.717, 1.165) is 0 Å². The van der Waals surface area contributed by atoms with E-state index in [9.17, 15) is 24.3 Å². The Hall–Kier alpha value is -3.45. The van der Waals surface area contributed by atoms with Crippen LogP contribution in [0.3, 0.4) is 0 Å². The predicted octanol–water partition coefficient (Wildman–Crippen LogP) is 7.34. The lowest BCUT2D eigenvalue weighted by molar-refractivity contribution is -0.119. The number of hydrogen-bond donors (Lipinski definition) is 3. The fourth-order valence-corrected chi connectivity index (χ4v) is 5.68. The minimum absolute atomic E-state index is 0.0114. The molecule has 0 bridgehead atoms. The van der Waals surface area contributed by atoms with Crippen molar-refractivity contribution >= 4 is 40.8 Å². The van der Waals surface area contributed by atoms with E-state index in [1.54, 1.807) is 18.2 Å². The van der Waals surface area contributed by atoms with E-state index in [0.29, 0.717) is 17.9 Å². The van der Waals surface area contributed by atoms with Gasteiger partial charge in [-0.05, 0) is 60.7 Å². The summed E-state index contributed by atoms with van der Waals surface area (Å²) < 4.78 is 32.5. The van der Waals surface area contributed by atoms with Crippen LogP contribution in [0.25, 0.3) is 0 Å². The van der Waals surface area contributed by atoms with Gasteiger partial charge < -0.3 is 20.5 Å². The van der Waals surface area contributed by atoms with Crippen LogP contribution in [0, 0.1) is 40.3 Å². The van der Waals surface area contributed by atoms with Gasteiger partial charge in [-0.1, -0.05) is 56.1 Å². The maximum Gasteiger partial charge on any atom is 0.335 e. The number of allylic oxidation sites excluding steroid dienone is 4. The number of carboxylic acid groups (broad SMARTS) is 1. The second-order valence-electron chi connectivity index (χ2n) is 11.3. The summed E-state index contributed by atoms with van der Waals surface area (Å²) in [5.41, 5.74) is 0.164. The molecule has 4 unspecified atom stereocenters. The Morgan fingerprint density at radius 1 is 1.19 bits per heavy atom. The van der Waals surface area contributed by atoms with E-state index in [4.69, 9.17) is 27.9 Å². The van der Waals surface area contributed by atoms with Crippen LogP contribution in [0.2, 0.25) is 5.02 Å². The summed E-state index contributed by atoms with van der Waals surface area (Å²) in [5, 5.41) is 25.8. The lowest BCUT2D eigenvalue weighted by atomic mass is 9.73. The van der Waals surface area contributed by atoms with Gasteiger partial charge >= 0.3 is 5.97 Å². The number of aromatic carboxylic acids is 1. The zero-order valence-corrected chi connectivity index (χ0v) is 25.1. The van der Waals surface area contributed by atoms with Gasteiger partial charge in [0.1, 0.15) is 17.4 Å². The Bertz CT molecular complexity index is 1400. The number of carbonyl (C=O) groups is 2. The molecular formula is C31H33Cl2F2N3O4. The second-order valence-corrected chi connectivity index (χ2v) is 12.2. The maximum absolute atomic E-state index is 15.1. The standard InChI is InChI=1S/C25H29ClFN3O4.C6H4ClF/c1-25(2,3)11-18-15(12-28)20(14-6-5-7-16(26)21(14)27)22(29-18)23(31)30-17-9-8-13(24(32)33)10-19(17)34-4;7-5-2-1-3-6(8)4-5/h5,7-10,14-15,18,20,22,29H,6,11H2,1-4H3,(H,30,31)(H,32,33);1-4H/t14?,15?,18?,20?,22-;/m1./s1. The van der Waals surface area contributed by atoms with Crippen molar-refractivity contribution in [3.8, 4) is 11.8 Å². The van der Waals surface area contributed by atoms with Crippen LogP contribution in [-0.4, -0.2) is 36.2 Å². The third-order valence-corrected chi connectivity index (χ3v) is 7.60. The molecule has 2 aromatic carbocycles. The fraction of sp³-hybridized carbons (Fsp3) is 0.387. The number of rotatable bonds is 6. The van der Waals surface area contributed by atoms with Crippen molar-refractivity contribution in [2.24, 2.45) is 23.2 Å². The minimum Gasteiger partial charge on any atom is -0.495 e. The van der Waals surface area contributed by atoms with Crippen molar-refractivity contribution in [1.82, 2.24) is 5.32 Å². The Balaban J connectivity index is 0.000000521. The molecule has 0 radical (unpaired) electrons. The largest absolute Gasteiger partial charge is 0.495 e. The molecule has 1 amide bonds. The highest BCUT2D eigenvalue weighted by atomic mass is 35.5. The topological polar surface area (TPSA) is 111 Å². The summed E-state index contributed by atoms with van der Waals surface area (Å²) in [6.45, 7) is 6.13. The fourth-order valence-electron chi connectivity index (χ4n) is 5.28. The molecule has 1 aliphatic heterocycles. The lowest BCUT2D eigenvalue weighted by Gasteiger charge is -2.30. The molecule has 1 saturated heterocycles. The first-order valence-corrected chi connectivity index (χ1v) is 14.0. The molecule has 11 heteroatoms. The van der Waals surface area contributed by atoms with Gasteiger partial charge in [0.05, 0.1) is 41.4 Å². The Labute approximate surface area is 254 Å². The van der Waals surface area contributed by atoms with Crippen LogP contribution in [0.1, 0.15) is 44.0 Å². The van der Waals surface area contributed by atoms with E-state index in [2.05, 4.69) is 16.7 Å². The molecule has 0 aromatic heterocycles. The van der Waals surface area contributed by atoms with E-state index in [1.165, 1.54) is 43.5 Å². The van der Waals surface area contributed by atoms with Gasteiger partial charge in [-0.15, -0.1) is 0 Å². The number of nitrogens with zero attached hydrogens (tertiary/aromatic N) is 1. The molecule has 0 saturated carbocycles. The van der Waals surface area contributed by atoms with Gasteiger partial charge in [0.2, 0.25) is 5.91 Å². The Morgan fingerprint density at radius 2 is 1.90 bits per heavy atom. The molecule has 0 spiro atoms. The molecule has 42 heavy (non-hydrogen) atoms. The number of ether oxygens (including phenoxy) is 1. The maximum atomic E-state index is 15.1. The summed E-state index contributed by atoms with van der Waals surface area (Å²) in [6.07, 6.45) is 4.19. The molecule has 224 valence electrons. The number of anilines is 1. The summed E-state index contributed by atoms with van der Waals surface area (Å²) in [7, 11) is 1.37. The highest BCUT2D eigenvalue weighted by molar-refractivity contribution is 6.31. The zero-order chi connectivity index (χ0) is 31.2. The third-order valence-electron chi connectivity index (χ3n) is 7.06. The summed E-state index contributed by atoms with van der Waals surface area (Å²) >= 11 is 11.5. The number of methoxy groups -OCH3 is 1. The van der Waals surface area contributed by atoms with E-state index in [1.807, 2.05) is 20.8 Å². The average molecular weight is 621 g/mol. The van der Waals surface area contributed by atoms with Gasteiger partial charge in [-0.2, -0.15) is 5.26 Å². The zero-order valence-electron chi connectivity index (χ0n) is 23.6. The number of nitriles is 1. The Kier molecular flexibility index (Phi) is 11.1. The molecule has 1 fully saturated rings. The van der Waals surface area contributed by atoms with E-state index in [-0.39, 0.29) is 39.3 Å². The molecule has 2 aliphatic rings. The van der Waals surface area contributed by atoms with Gasteiger partial charge in [0.25, 0.3) is 0 Å². The normalized spacial score (nSPS) is 23.5. The number of halogens is 4. The predicted molar refractivity (Wildman–Crippen MR) is 159 cm³/mol. The van der Waals surface area contributed by atoms with Crippen LogP contribution in [0.4, 0.5) is 14.5 Å². The molecular weight excluding hydrogens is 587 g/mol. The Morgan fingerprint density at radius 3 is 2.45 bits per heavy atom. The van der Waals surface area contributed by atoms with Crippen LogP contribution in [0.5, 0.6) is 5.75 Å². The first-order valence-electron chi connectivity index (χ1n) is 13.3. The quantitative estimate of drug-likeness (QED) is 0.312. The molecule has 3 N–H and O–H groups in total. The van der Waals surface area contributed by atoms with Crippen molar-refractivity contribution in [2.45, 2.75) is 45.7 Å². The average Bonchev–Trinajstić information content (AvgIpc) is 3.27. The van der Waals surface area contributed by atoms with Gasteiger partial charge in [-0.25, -0.2) is 13.6 Å². The minimum atomic E-state index is -1.12. The van der Waals surface area contributed by atoms with Gasteiger partial charge in [-0.3, -0.25) is 4.79 Å². The van der Waals surface area contributed by atoms with Crippen molar-refractivity contribution in [2.75, 3.05) is 12.4 Å². The van der Waals surface area contributed by atoms with Crippen LogP contribution >= 0.6 is 23.2 Å². The van der Waals surface area contributed by atoms with Crippen molar-refractivity contribution in [3.63, 3.8) is 0 Å². The van der Waals surface area contributed by atoms with Crippen LogP contribution < -0.4 is 15.4 Å². The van der Waals surface area contributed by atoms with Crippen molar-refractivity contribution in [3.05, 3.63) is 81.9 Å². The van der Waals surface area contributed by atoms with Gasteiger partial charge in [0.15, 0.2) is 0 Å². The number of nitrogens with one attached hydrogen (secondary N) is 2. The summed E-state index contributed by atoms with van der Waals surface area (Å²) in [5.74, 6) is -4.20. The molecule has 1 aliphatic carbocycles. The molecule has 7 nitrogen and oxygen atoms in total. The monoisotopic (exact) mass is 619 g/mol. The molecule has 5 atom stereocenters. The summed E-state index contributed by atoms with van der Waals surface area (Å²) in [4.78, 5) is 24.7. The van der Waals surface area contributed by atoms with Crippen molar-refractivity contribution < 1.29 is 28.2 Å². The molecule has 4 rings (SSSR count). The number of carbonyl (C=O) groups excluding carboxylic acids is 1. The van der Waals surface area contributed by atoms with Gasteiger partial charge in [0, 0.05) is 22.9 Å². The number of hydrogen-bond acceptors (Lipinski definition) is 5. The number of amides is 1. The second kappa shape index (κ2) is 14.1. The summed E-state index contributed by atoms with van der Waals surface area (Å²) in [6, 6.07) is 11.1. The highest BCUT2D eigenvalue weighted by Crippen LogP contribution is 2.45. The van der Waals surface area contributed by atoms with Crippen LogP contribution in [-0.2, 0) is 4.79 Å². The van der Waals surface area contributed by atoms with Crippen LogP contribution in [0.15, 0.2) is 65.5 Å². The highest BCUT2D eigenvalue weighted by Gasteiger charge is 2.51. The lowest BCUT2D eigenvalue weighted by Crippen LogP contribution is -2.44. The van der Waals surface area contributed by atoms with Crippen molar-refractivity contribution in [1.29, 1.82) is 5.26 Å². The SMILES string of the molecule is COc1cc(C(=O)O)ccc1NC(=O)[C@@H]1NC(CC(C)(C)C)C(C#N)C1C1CC=CC(Cl)=C1F.Fc1cccc(Cl)c1.